The van der Waals surface area contributed by atoms with Crippen molar-refractivity contribution in [3.63, 3.8) is 0 Å². The lowest BCUT2D eigenvalue weighted by molar-refractivity contribution is -0.142. The number of aliphatic carboxylic acids is 1. The Kier molecular flexibility index (Phi) is 8.74. The maximum atomic E-state index is 15.1. The van der Waals surface area contributed by atoms with Gasteiger partial charge in [0.1, 0.15) is 18.2 Å². The van der Waals surface area contributed by atoms with E-state index < -0.39 is 17.6 Å². The topological polar surface area (TPSA) is 103 Å². The molecule has 2 aromatic heterocycles. The van der Waals surface area contributed by atoms with Gasteiger partial charge in [-0.05, 0) is 75.5 Å². The Morgan fingerprint density at radius 3 is 2.56 bits per heavy atom. The second-order valence-corrected chi connectivity index (χ2v) is 10.8. The number of aromatic nitrogens is 2. The molecule has 2 aliphatic rings. The van der Waals surface area contributed by atoms with Gasteiger partial charge >= 0.3 is 5.97 Å². The number of carboxylic acid groups (broad SMARTS) is 1. The lowest BCUT2D eigenvalue weighted by Crippen LogP contribution is -2.36. The van der Waals surface area contributed by atoms with Gasteiger partial charge in [-0.15, -0.1) is 0 Å². The fourth-order valence-electron chi connectivity index (χ4n) is 5.62. The first kappa shape index (κ1) is 28.4. The minimum Gasteiger partial charge on any atom is -0.485 e. The molecule has 0 aliphatic carbocycles. The molecule has 1 N–H and O–H groups in total. The summed E-state index contributed by atoms with van der Waals surface area (Å²) < 4.78 is 35.4. The van der Waals surface area contributed by atoms with Gasteiger partial charge in [0.2, 0.25) is 0 Å². The van der Waals surface area contributed by atoms with Gasteiger partial charge in [0, 0.05) is 48.1 Å². The second-order valence-electron chi connectivity index (χ2n) is 10.8. The van der Waals surface area contributed by atoms with Crippen LogP contribution in [0.15, 0.2) is 42.6 Å². The van der Waals surface area contributed by atoms with Crippen molar-refractivity contribution in [2.24, 2.45) is 5.92 Å². The Balaban J connectivity index is 1.31. The molecule has 0 amide bonds. The number of rotatable bonds is 8. The Morgan fingerprint density at radius 1 is 1.12 bits per heavy atom. The number of likely N-dealkylation sites (tertiary alicyclic amines) is 1. The molecule has 0 radical (unpaired) electrons. The van der Waals surface area contributed by atoms with E-state index in [2.05, 4.69) is 20.9 Å². The molecule has 214 valence electrons. The van der Waals surface area contributed by atoms with E-state index >= 15 is 4.39 Å². The summed E-state index contributed by atoms with van der Waals surface area (Å²) in [6.45, 7) is 5.28. The van der Waals surface area contributed by atoms with Crippen molar-refractivity contribution in [2.45, 2.75) is 45.1 Å². The van der Waals surface area contributed by atoms with E-state index in [1.807, 2.05) is 24.0 Å². The fraction of sp³-hybridized carbons (Fsp3) is 0.419. The maximum absolute atomic E-state index is 15.1. The van der Waals surface area contributed by atoms with Gasteiger partial charge in [-0.1, -0.05) is 6.07 Å². The number of pyridine rings is 2. The molecule has 1 aromatic carbocycles. The van der Waals surface area contributed by atoms with Crippen LogP contribution >= 0.6 is 0 Å². The minimum absolute atomic E-state index is 0.0532. The normalized spacial score (nSPS) is 16.9. The number of anilines is 1. The first-order chi connectivity index (χ1) is 19.8. The van der Waals surface area contributed by atoms with Crippen molar-refractivity contribution in [1.82, 2.24) is 14.9 Å². The van der Waals surface area contributed by atoms with Gasteiger partial charge in [0.15, 0.2) is 11.6 Å². The molecule has 10 heteroatoms. The highest BCUT2D eigenvalue weighted by Crippen LogP contribution is 2.35. The number of halogens is 2. The number of carboxylic acids is 1. The van der Waals surface area contributed by atoms with Gasteiger partial charge in [0.25, 0.3) is 0 Å². The third-order valence-corrected chi connectivity index (χ3v) is 8.10. The van der Waals surface area contributed by atoms with Gasteiger partial charge in [-0.25, -0.2) is 13.8 Å². The van der Waals surface area contributed by atoms with Gasteiger partial charge < -0.3 is 14.7 Å². The third-order valence-electron chi connectivity index (χ3n) is 8.10. The quantitative estimate of drug-likeness (QED) is 0.369. The van der Waals surface area contributed by atoms with Gasteiger partial charge in [0.05, 0.1) is 24.2 Å². The number of nitrogens with zero attached hydrogens (tertiary/aromatic N) is 5. The van der Waals surface area contributed by atoms with E-state index in [-0.39, 0.29) is 23.8 Å². The number of aryl methyl sites for hydroxylation is 1. The Hall–Kier alpha value is -4.10. The molecule has 2 aliphatic heterocycles. The highest BCUT2D eigenvalue weighted by atomic mass is 19.1. The van der Waals surface area contributed by atoms with Crippen LogP contribution in [0.4, 0.5) is 14.6 Å². The second kappa shape index (κ2) is 12.6. The predicted molar refractivity (Wildman–Crippen MR) is 149 cm³/mol. The standard InChI is InChI=1S/C31H33F2N5O3/c1-20-15-28(21-5-10-37(11-6-21)14-9-34)35-18-23(20)19-41-30-25(16-24(32)17-26(30)33)27-3-2-4-29(36-27)38-12-7-22(8-13-38)31(39)40/h2-4,15-18,21-22H,5-8,10-14,19H2,1H3,(H,39,40). The molecule has 0 spiro atoms. The van der Waals surface area contributed by atoms with Crippen LogP contribution in [0.25, 0.3) is 11.3 Å². The molecule has 3 aromatic rings. The number of benzene rings is 1. The Bertz CT molecular complexity index is 1440. The molecule has 0 unspecified atom stereocenters. The molecule has 0 saturated carbocycles. The zero-order valence-corrected chi connectivity index (χ0v) is 23.0. The van der Waals surface area contributed by atoms with Gasteiger partial charge in [-0.3, -0.25) is 14.7 Å². The minimum atomic E-state index is -0.819. The van der Waals surface area contributed by atoms with Crippen molar-refractivity contribution >= 4 is 11.8 Å². The molecule has 2 saturated heterocycles. The lowest BCUT2D eigenvalue weighted by atomic mass is 9.92. The summed E-state index contributed by atoms with van der Waals surface area (Å²) in [4.78, 5) is 24.8. The van der Waals surface area contributed by atoms with Crippen LogP contribution in [0.3, 0.4) is 0 Å². The monoisotopic (exact) mass is 561 g/mol. The maximum Gasteiger partial charge on any atom is 0.306 e. The smallest absolute Gasteiger partial charge is 0.306 e. The van der Waals surface area contributed by atoms with Crippen molar-refractivity contribution in [3.8, 4) is 23.1 Å². The summed E-state index contributed by atoms with van der Waals surface area (Å²) in [7, 11) is 0. The molecule has 2 fully saturated rings. The number of ether oxygens (including phenoxy) is 1. The molecular formula is C31H33F2N5O3. The fourth-order valence-corrected chi connectivity index (χ4v) is 5.62. The highest BCUT2D eigenvalue weighted by molar-refractivity contribution is 5.71. The summed E-state index contributed by atoms with van der Waals surface area (Å²) >= 11 is 0. The van der Waals surface area contributed by atoms with Crippen LogP contribution in [0, 0.1) is 35.8 Å². The predicted octanol–water partition coefficient (Wildman–Crippen LogP) is 5.31. The average molecular weight is 562 g/mol. The van der Waals surface area contributed by atoms with E-state index in [0.29, 0.717) is 49.9 Å². The van der Waals surface area contributed by atoms with Crippen LogP contribution in [0.5, 0.6) is 5.75 Å². The number of carbonyl (C=O) groups is 1. The highest BCUT2D eigenvalue weighted by Gasteiger charge is 2.26. The molecule has 8 nitrogen and oxygen atoms in total. The first-order valence-corrected chi connectivity index (χ1v) is 13.9. The first-order valence-electron chi connectivity index (χ1n) is 13.9. The molecule has 0 atom stereocenters. The van der Waals surface area contributed by atoms with E-state index in [1.54, 1.807) is 18.3 Å². The SMILES string of the molecule is Cc1cc(C2CCN(CC#N)CC2)ncc1COc1c(F)cc(F)cc1-c1cccc(N2CCC(C(=O)O)CC2)n1. The molecule has 0 bridgehead atoms. The van der Waals surface area contributed by atoms with E-state index in [4.69, 9.17) is 10.00 Å². The zero-order chi connectivity index (χ0) is 28.9. The van der Waals surface area contributed by atoms with E-state index in [0.717, 1.165) is 48.8 Å². The summed E-state index contributed by atoms with van der Waals surface area (Å²) in [5, 5.41) is 18.2. The largest absolute Gasteiger partial charge is 0.485 e. The van der Waals surface area contributed by atoms with Crippen molar-refractivity contribution < 1.29 is 23.4 Å². The molecular weight excluding hydrogens is 528 g/mol. The summed E-state index contributed by atoms with van der Waals surface area (Å²) in [6.07, 6.45) is 4.66. The molecule has 4 heterocycles. The summed E-state index contributed by atoms with van der Waals surface area (Å²) in [5.74, 6) is -1.86. The third kappa shape index (κ3) is 6.63. The number of hydrogen-bond donors (Lipinski definition) is 1. The van der Waals surface area contributed by atoms with Crippen LogP contribution < -0.4 is 9.64 Å². The van der Waals surface area contributed by atoms with E-state index in [1.165, 1.54) is 6.07 Å². The summed E-state index contributed by atoms with van der Waals surface area (Å²) in [6, 6.07) is 11.5. The summed E-state index contributed by atoms with van der Waals surface area (Å²) in [5.41, 5.74) is 3.35. The van der Waals surface area contributed by atoms with Gasteiger partial charge in [-0.2, -0.15) is 5.26 Å². The van der Waals surface area contributed by atoms with Crippen LogP contribution in [0.1, 0.15) is 48.4 Å². The Labute approximate surface area is 238 Å². The Morgan fingerprint density at radius 2 is 1.88 bits per heavy atom. The lowest BCUT2D eigenvalue weighted by Gasteiger charge is -2.31. The van der Waals surface area contributed by atoms with Crippen molar-refractivity contribution in [3.05, 3.63) is 71.1 Å². The number of nitriles is 1. The van der Waals surface area contributed by atoms with E-state index in [9.17, 15) is 14.3 Å². The van der Waals surface area contributed by atoms with Crippen molar-refractivity contribution in [1.29, 1.82) is 5.26 Å². The molecule has 5 rings (SSSR count). The van der Waals surface area contributed by atoms with Crippen LogP contribution in [0.2, 0.25) is 0 Å². The van der Waals surface area contributed by atoms with Crippen LogP contribution in [-0.2, 0) is 11.4 Å². The zero-order valence-electron chi connectivity index (χ0n) is 23.0. The number of hydrogen-bond acceptors (Lipinski definition) is 7. The average Bonchev–Trinajstić information content (AvgIpc) is 2.97. The number of piperidine rings is 2. The molecule has 41 heavy (non-hydrogen) atoms. The van der Waals surface area contributed by atoms with Crippen LogP contribution in [-0.4, -0.2) is 58.7 Å². The van der Waals surface area contributed by atoms with Crippen molar-refractivity contribution in [2.75, 3.05) is 37.6 Å².